The number of aliphatic hydroxyl groups excluding tert-OH is 1. The Morgan fingerprint density at radius 2 is 1.94 bits per heavy atom. The average molecular weight is 490 g/mol. The summed E-state index contributed by atoms with van der Waals surface area (Å²) in [6.07, 6.45) is 3.68. The summed E-state index contributed by atoms with van der Waals surface area (Å²) in [4.78, 5) is 29.1. The Morgan fingerprint density at radius 3 is 2.86 bits per heavy atom. The van der Waals surface area contributed by atoms with Gasteiger partial charge in [-0.25, -0.2) is 0 Å². The molecule has 1 saturated carbocycles. The number of hydrogen-bond donors (Lipinski definition) is 1. The highest BCUT2D eigenvalue weighted by Crippen LogP contribution is 2.49. The number of carbonyl (C=O) groups is 2. The smallest absolute Gasteiger partial charge is 0.251 e. The Morgan fingerprint density at radius 1 is 1.06 bits per heavy atom. The number of aliphatic hydroxyl groups is 1. The third-order valence-electron chi connectivity index (χ3n) is 8.06. The lowest BCUT2D eigenvalue weighted by atomic mass is 9.92. The summed E-state index contributed by atoms with van der Waals surface area (Å²) in [6.45, 7) is 1.69. The molecule has 0 aromatic heterocycles. The van der Waals surface area contributed by atoms with Gasteiger partial charge in [0.05, 0.1) is 19.3 Å². The topological polar surface area (TPSA) is 73.3 Å². The van der Waals surface area contributed by atoms with E-state index in [-0.39, 0.29) is 11.9 Å². The van der Waals surface area contributed by atoms with E-state index in [0.717, 1.165) is 35.5 Å². The van der Waals surface area contributed by atoms with Gasteiger partial charge in [-0.1, -0.05) is 30.3 Å². The van der Waals surface area contributed by atoms with Crippen LogP contribution < -0.4 is 4.74 Å². The molecule has 2 bridgehead atoms. The van der Waals surface area contributed by atoms with Gasteiger partial charge in [-0.15, -0.1) is 11.8 Å². The van der Waals surface area contributed by atoms with Gasteiger partial charge in [-0.05, 0) is 47.9 Å². The monoisotopic (exact) mass is 489 g/mol. The summed E-state index contributed by atoms with van der Waals surface area (Å²) < 4.78 is 6.51. The molecule has 0 radical (unpaired) electrons. The third-order valence-corrected chi connectivity index (χ3v) is 9.20. The van der Waals surface area contributed by atoms with Crippen molar-refractivity contribution in [3.63, 3.8) is 0 Å². The molecule has 6 atom stereocenters. The molecular formula is C27H27N3O4S. The first-order valence-corrected chi connectivity index (χ1v) is 13.3. The molecule has 4 aliphatic heterocycles. The van der Waals surface area contributed by atoms with Crippen LogP contribution in [0.3, 0.4) is 0 Å². The number of ketones is 1. The van der Waals surface area contributed by atoms with Crippen molar-refractivity contribution in [3.05, 3.63) is 71.4 Å². The largest absolute Gasteiger partial charge is 0.493 e. The Labute approximate surface area is 208 Å². The molecule has 2 aromatic carbocycles. The van der Waals surface area contributed by atoms with Crippen molar-refractivity contribution in [2.75, 3.05) is 19.8 Å². The molecule has 2 aromatic rings. The molecular weight excluding hydrogens is 462 g/mol. The normalized spacial score (nSPS) is 33.2. The summed E-state index contributed by atoms with van der Waals surface area (Å²) in [5, 5.41) is 14.8. The zero-order valence-electron chi connectivity index (χ0n) is 19.2. The van der Waals surface area contributed by atoms with Gasteiger partial charge in [0.15, 0.2) is 11.8 Å². The second-order valence-corrected chi connectivity index (χ2v) is 11.1. The van der Waals surface area contributed by atoms with Gasteiger partial charge in [0.25, 0.3) is 5.91 Å². The highest BCUT2D eigenvalue weighted by molar-refractivity contribution is 7.98. The van der Waals surface area contributed by atoms with Gasteiger partial charge in [0.2, 0.25) is 0 Å². The van der Waals surface area contributed by atoms with E-state index < -0.39 is 17.9 Å². The first-order valence-electron chi connectivity index (χ1n) is 12.3. The number of thioether (sulfide) groups is 1. The minimum atomic E-state index is -1.39. The fraction of sp³-hybridized carbons (Fsp3) is 0.407. The fourth-order valence-electron chi connectivity index (χ4n) is 6.03. The first-order chi connectivity index (χ1) is 17.1. The molecule has 0 spiro atoms. The quantitative estimate of drug-likeness (QED) is 0.610. The third kappa shape index (κ3) is 3.42. The van der Waals surface area contributed by atoms with Crippen LogP contribution in [0.2, 0.25) is 0 Å². The van der Waals surface area contributed by atoms with Crippen LogP contribution in [-0.2, 0) is 15.3 Å². The molecule has 35 heavy (non-hydrogen) atoms. The Balaban J connectivity index is 1.45. The van der Waals surface area contributed by atoms with E-state index in [1.165, 1.54) is 16.5 Å². The van der Waals surface area contributed by atoms with E-state index >= 15 is 0 Å². The first kappa shape index (κ1) is 21.5. The summed E-state index contributed by atoms with van der Waals surface area (Å²) >= 11 is 1.81. The number of amides is 1. The maximum absolute atomic E-state index is 13.6. The molecule has 1 aliphatic carbocycles. The summed E-state index contributed by atoms with van der Waals surface area (Å²) in [5.74, 6) is 2.15. The van der Waals surface area contributed by atoms with Crippen molar-refractivity contribution in [3.8, 4) is 5.75 Å². The van der Waals surface area contributed by atoms with Crippen LogP contribution in [0.5, 0.6) is 5.75 Å². The summed E-state index contributed by atoms with van der Waals surface area (Å²) in [7, 11) is 0. The van der Waals surface area contributed by atoms with Gasteiger partial charge in [-0.3, -0.25) is 14.6 Å². The van der Waals surface area contributed by atoms with Crippen LogP contribution in [0.4, 0.5) is 0 Å². The minimum absolute atomic E-state index is 0.179. The number of rotatable bonds is 0. The van der Waals surface area contributed by atoms with Crippen LogP contribution in [0.15, 0.2) is 59.6 Å². The van der Waals surface area contributed by atoms with E-state index in [1.807, 2.05) is 22.7 Å². The average Bonchev–Trinajstić information content (AvgIpc) is 3.65. The Hall–Kier alpha value is -2.81. The van der Waals surface area contributed by atoms with Crippen LogP contribution in [0, 0.1) is 11.8 Å². The second kappa shape index (κ2) is 8.11. The second-order valence-electron chi connectivity index (χ2n) is 10.1. The predicted molar refractivity (Wildman–Crippen MR) is 130 cm³/mol. The van der Waals surface area contributed by atoms with E-state index in [9.17, 15) is 14.7 Å². The van der Waals surface area contributed by atoms with Crippen molar-refractivity contribution in [1.82, 2.24) is 14.9 Å². The number of hydrazine groups is 1. The molecule has 1 N–H and O–H groups in total. The molecule has 7 nitrogen and oxygen atoms in total. The van der Waals surface area contributed by atoms with Gasteiger partial charge in [0, 0.05) is 35.0 Å². The fourth-order valence-corrected chi connectivity index (χ4v) is 7.12. The molecule has 3 unspecified atom stereocenters. The number of fused-ring (bicyclic) bond motifs is 8. The SMILES string of the molecule is O=C1C=CN2C(C(=O)N3CC[C@@H]4C[C@@H]4COc4cccc5c4[C@H](c4ccccc4SC5)N2C3)C1O. The van der Waals surface area contributed by atoms with E-state index in [2.05, 4.69) is 41.4 Å². The zero-order valence-corrected chi connectivity index (χ0v) is 20.1. The predicted octanol–water partition coefficient (Wildman–Crippen LogP) is 2.94. The Bertz CT molecular complexity index is 1250. The van der Waals surface area contributed by atoms with Crippen LogP contribution in [0.1, 0.15) is 35.6 Å². The van der Waals surface area contributed by atoms with Gasteiger partial charge >= 0.3 is 0 Å². The molecule has 7 rings (SSSR count). The van der Waals surface area contributed by atoms with Crippen LogP contribution >= 0.6 is 11.8 Å². The molecule has 180 valence electrons. The lowest BCUT2D eigenvalue weighted by Gasteiger charge is -2.52. The molecule has 2 fully saturated rings. The molecule has 1 saturated heterocycles. The van der Waals surface area contributed by atoms with Crippen molar-refractivity contribution >= 4 is 23.5 Å². The highest BCUT2D eigenvalue weighted by atomic mass is 32.2. The maximum atomic E-state index is 13.6. The summed E-state index contributed by atoms with van der Waals surface area (Å²) in [6, 6.07) is 13.5. The number of ether oxygens (including phenoxy) is 1. The Kier molecular flexibility index (Phi) is 4.98. The number of benzene rings is 2. The van der Waals surface area contributed by atoms with Crippen LogP contribution in [-0.4, -0.2) is 63.7 Å². The van der Waals surface area contributed by atoms with E-state index in [0.29, 0.717) is 31.7 Å². The van der Waals surface area contributed by atoms with Gasteiger partial charge in [-0.2, -0.15) is 5.01 Å². The number of hydrogen-bond acceptors (Lipinski definition) is 7. The minimum Gasteiger partial charge on any atom is -0.493 e. The van der Waals surface area contributed by atoms with Gasteiger partial charge in [0.1, 0.15) is 11.9 Å². The van der Waals surface area contributed by atoms with Crippen molar-refractivity contribution in [2.24, 2.45) is 11.8 Å². The number of nitrogens with zero attached hydrogens (tertiary/aromatic N) is 3. The lowest BCUT2D eigenvalue weighted by Crippen LogP contribution is -2.68. The van der Waals surface area contributed by atoms with Crippen molar-refractivity contribution in [2.45, 2.75) is 41.7 Å². The van der Waals surface area contributed by atoms with Crippen molar-refractivity contribution < 1.29 is 19.4 Å². The maximum Gasteiger partial charge on any atom is 0.251 e. The molecule has 5 aliphatic rings. The lowest BCUT2D eigenvalue weighted by molar-refractivity contribution is -0.185. The van der Waals surface area contributed by atoms with Crippen LogP contribution in [0.25, 0.3) is 0 Å². The molecule has 4 heterocycles. The van der Waals surface area contributed by atoms with E-state index in [1.54, 1.807) is 11.2 Å². The molecule has 8 heteroatoms. The van der Waals surface area contributed by atoms with Crippen molar-refractivity contribution in [1.29, 1.82) is 0 Å². The zero-order chi connectivity index (χ0) is 23.7. The van der Waals surface area contributed by atoms with E-state index in [4.69, 9.17) is 4.74 Å². The standard InChI is InChI=1S/C27H27N3O4S/c31-20-9-11-29-25(26(20)32)27(33)28-10-8-16-12-18(16)13-34-21-6-3-4-17-14-35-22-7-2-1-5-19(22)24(23(17)21)30(29)15-28/h1-7,9,11,16,18,24-26,32H,8,10,12-15H2/t16-,18-,24+,25?,26?/m1/s1. The summed E-state index contributed by atoms with van der Waals surface area (Å²) in [5.41, 5.74) is 3.45. The molecule has 1 amide bonds. The highest BCUT2D eigenvalue weighted by Gasteiger charge is 2.50. The van der Waals surface area contributed by atoms with Gasteiger partial charge < -0.3 is 14.7 Å². The number of carbonyl (C=O) groups excluding carboxylic acids is 2.